The Morgan fingerprint density at radius 2 is 1.54 bits per heavy atom. The molecule has 4 nitrogen and oxygen atoms in total. The first-order valence-electron chi connectivity index (χ1n) is 10.2. The highest BCUT2D eigenvalue weighted by Crippen LogP contribution is 2.21. The molecule has 140 valence electrons. The van der Waals surface area contributed by atoms with Gasteiger partial charge in [-0.05, 0) is 12.8 Å². The lowest BCUT2D eigenvalue weighted by molar-refractivity contribution is -0.831. The van der Waals surface area contributed by atoms with Crippen LogP contribution in [0.3, 0.4) is 0 Å². The summed E-state index contributed by atoms with van der Waals surface area (Å²) in [5.41, 5.74) is 0. The molecule has 1 aliphatic rings. The second-order valence-electron chi connectivity index (χ2n) is 7.35. The Hall–Kier alpha value is -0.900. The monoisotopic (exact) mass is 338 g/mol. The summed E-state index contributed by atoms with van der Waals surface area (Å²) < 4.78 is 0.552. The van der Waals surface area contributed by atoms with Crippen molar-refractivity contribution >= 4 is 11.8 Å². The van der Waals surface area contributed by atoms with Crippen LogP contribution in [-0.4, -0.2) is 42.5 Å². The molecule has 0 fully saturated rings. The maximum atomic E-state index is 11.1. The minimum Gasteiger partial charge on any atom is -0.544 e. The number of hydrogen-bond donors (Lipinski definition) is 0. The molecule has 24 heavy (non-hydrogen) atoms. The van der Waals surface area contributed by atoms with Gasteiger partial charge < -0.3 is 9.90 Å². The van der Waals surface area contributed by atoms with E-state index >= 15 is 0 Å². The number of unbranched alkanes of at least 4 members (excludes halogenated alkanes) is 9. The van der Waals surface area contributed by atoms with E-state index in [1.54, 1.807) is 0 Å². The number of aliphatic imine (C=N–C) groups is 1. The molecule has 1 atom stereocenters. The third-order valence-corrected chi connectivity index (χ3v) is 5.21. The van der Waals surface area contributed by atoms with Crippen LogP contribution in [0.25, 0.3) is 0 Å². The molecule has 0 radical (unpaired) electrons. The summed E-state index contributed by atoms with van der Waals surface area (Å²) in [5, 5.41) is 11.1. The van der Waals surface area contributed by atoms with Crippen LogP contribution in [0.1, 0.15) is 90.9 Å². The van der Waals surface area contributed by atoms with E-state index in [4.69, 9.17) is 0 Å². The number of carboxylic acids is 1. The first-order chi connectivity index (χ1) is 11.6. The Morgan fingerprint density at radius 1 is 0.958 bits per heavy atom. The Kier molecular flexibility index (Phi) is 11.0. The normalized spacial score (nSPS) is 20.3. The van der Waals surface area contributed by atoms with E-state index in [0.717, 1.165) is 44.7 Å². The van der Waals surface area contributed by atoms with Crippen LogP contribution < -0.4 is 5.11 Å². The number of carboxylic acid groups (broad SMARTS) is 1. The van der Waals surface area contributed by atoms with Gasteiger partial charge in [0.05, 0.1) is 19.1 Å². The molecule has 0 aromatic heterocycles. The number of nitrogens with zero attached hydrogens (tertiary/aromatic N) is 2. The maximum Gasteiger partial charge on any atom is 0.198 e. The SMILES string of the molecule is CCCCCCCCCCCCC1=NCC[N+]1(CCC)CC(=O)[O-]. The van der Waals surface area contributed by atoms with Crippen LogP contribution in [0.2, 0.25) is 0 Å². The van der Waals surface area contributed by atoms with E-state index in [1.807, 2.05) is 0 Å². The van der Waals surface area contributed by atoms with Gasteiger partial charge in [-0.15, -0.1) is 0 Å². The number of rotatable bonds is 15. The zero-order valence-corrected chi connectivity index (χ0v) is 16.0. The van der Waals surface area contributed by atoms with Crippen molar-refractivity contribution in [1.29, 1.82) is 0 Å². The summed E-state index contributed by atoms with van der Waals surface area (Å²) >= 11 is 0. The standard InChI is InChI=1S/C20H38N2O2/c1-3-5-6-7-8-9-10-11-12-13-14-19-21-15-17-22(19,16-4-2)18-20(23)24/h3-18H2,1-2H3. The molecule has 4 heteroatoms. The highest BCUT2D eigenvalue weighted by molar-refractivity contribution is 5.79. The summed E-state index contributed by atoms with van der Waals surface area (Å²) in [6.07, 6.45) is 15.2. The van der Waals surface area contributed by atoms with Gasteiger partial charge in [-0.2, -0.15) is 0 Å². The number of amidine groups is 1. The van der Waals surface area contributed by atoms with Gasteiger partial charge in [-0.3, -0.25) is 4.48 Å². The number of quaternary nitrogens is 1. The molecule has 0 aliphatic carbocycles. The van der Waals surface area contributed by atoms with Gasteiger partial charge in [0.1, 0.15) is 13.1 Å². The van der Waals surface area contributed by atoms with Crippen molar-refractivity contribution in [3.63, 3.8) is 0 Å². The van der Waals surface area contributed by atoms with Gasteiger partial charge in [0.25, 0.3) is 0 Å². The molecule has 1 aliphatic heterocycles. The van der Waals surface area contributed by atoms with Gasteiger partial charge in [0, 0.05) is 6.42 Å². The third kappa shape index (κ3) is 7.78. The first-order valence-corrected chi connectivity index (χ1v) is 10.2. The lowest BCUT2D eigenvalue weighted by atomic mass is 10.1. The maximum absolute atomic E-state index is 11.1. The van der Waals surface area contributed by atoms with Gasteiger partial charge in [-0.25, -0.2) is 4.99 Å². The Balaban J connectivity index is 2.18. The van der Waals surface area contributed by atoms with E-state index in [-0.39, 0.29) is 6.54 Å². The Bertz CT molecular complexity index is 382. The van der Waals surface area contributed by atoms with Gasteiger partial charge in [0.2, 0.25) is 0 Å². The highest BCUT2D eigenvalue weighted by atomic mass is 16.4. The van der Waals surface area contributed by atoms with Crippen molar-refractivity contribution in [2.75, 3.05) is 26.2 Å². The highest BCUT2D eigenvalue weighted by Gasteiger charge is 2.36. The zero-order chi connectivity index (χ0) is 17.7. The molecule has 1 rings (SSSR count). The van der Waals surface area contributed by atoms with Crippen molar-refractivity contribution in [3.05, 3.63) is 0 Å². The largest absolute Gasteiger partial charge is 0.544 e. The lowest BCUT2D eigenvalue weighted by Gasteiger charge is -2.35. The van der Waals surface area contributed by atoms with Crippen LogP contribution in [0, 0.1) is 0 Å². The topological polar surface area (TPSA) is 52.5 Å². The third-order valence-electron chi connectivity index (χ3n) is 5.21. The lowest BCUT2D eigenvalue weighted by Crippen LogP contribution is -2.56. The summed E-state index contributed by atoms with van der Waals surface area (Å²) in [5.74, 6) is 0.168. The van der Waals surface area contributed by atoms with E-state index in [1.165, 1.54) is 57.8 Å². The second-order valence-corrected chi connectivity index (χ2v) is 7.35. The van der Waals surface area contributed by atoms with Crippen LogP contribution in [0.15, 0.2) is 4.99 Å². The molecule has 0 saturated heterocycles. The number of aliphatic carboxylic acids is 1. The number of carbonyl (C=O) groups excluding carboxylic acids is 1. The molecule has 0 spiro atoms. The summed E-state index contributed by atoms with van der Waals surface area (Å²) in [6.45, 7) is 6.98. The Morgan fingerprint density at radius 3 is 2.08 bits per heavy atom. The number of carbonyl (C=O) groups is 1. The average molecular weight is 339 g/mol. The molecule has 1 heterocycles. The summed E-state index contributed by atoms with van der Waals surface area (Å²) in [6, 6.07) is 0. The smallest absolute Gasteiger partial charge is 0.198 e. The van der Waals surface area contributed by atoms with Crippen molar-refractivity contribution in [3.8, 4) is 0 Å². The molecule has 0 aromatic carbocycles. The summed E-state index contributed by atoms with van der Waals surface area (Å²) in [7, 11) is 0. The van der Waals surface area contributed by atoms with Crippen molar-refractivity contribution in [2.45, 2.75) is 90.9 Å². The quantitative estimate of drug-likeness (QED) is 0.338. The molecule has 0 amide bonds. The van der Waals surface area contributed by atoms with Crippen molar-refractivity contribution in [2.24, 2.45) is 4.99 Å². The van der Waals surface area contributed by atoms with Gasteiger partial charge in [-0.1, -0.05) is 71.6 Å². The molecule has 0 bridgehead atoms. The van der Waals surface area contributed by atoms with Crippen molar-refractivity contribution < 1.29 is 14.4 Å². The predicted octanol–water partition coefficient (Wildman–Crippen LogP) is 3.69. The van der Waals surface area contributed by atoms with E-state index in [9.17, 15) is 9.90 Å². The van der Waals surface area contributed by atoms with Crippen LogP contribution in [-0.2, 0) is 4.79 Å². The summed E-state index contributed by atoms with van der Waals surface area (Å²) in [4.78, 5) is 15.8. The molecular formula is C20H38N2O2. The number of hydrogen-bond acceptors (Lipinski definition) is 3. The van der Waals surface area contributed by atoms with Crippen LogP contribution >= 0.6 is 0 Å². The average Bonchev–Trinajstić information content (AvgIpc) is 2.91. The van der Waals surface area contributed by atoms with Crippen LogP contribution in [0.4, 0.5) is 0 Å². The van der Waals surface area contributed by atoms with Gasteiger partial charge in [0.15, 0.2) is 5.84 Å². The van der Waals surface area contributed by atoms with E-state index in [2.05, 4.69) is 18.8 Å². The van der Waals surface area contributed by atoms with E-state index < -0.39 is 5.97 Å². The molecule has 0 aromatic rings. The van der Waals surface area contributed by atoms with E-state index in [0.29, 0.717) is 4.48 Å². The molecule has 0 N–H and O–H groups in total. The molecular weight excluding hydrogens is 300 g/mol. The van der Waals surface area contributed by atoms with Gasteiger partial charge >= 0.3 is 0 Å². The fourth-order valence-corrected chi connectivity index (χ4v) is 3.90. The fourth-order valence-electron chi connectivity index (χ4n) is 3.90. The zero-order valence-electron chi connectivity index (χ0n) is 16.0. The fraction of sp³-hybridized carbons (Fsp3) is 0.900. The minimum atomic E-state index is -0.943. The Labute approximate surface area is 148 Å². The molecule has 0 saturated carbocycles. The van der Waals surface area contributed by atoms with Crippen molar-refractivity contribution in [1.82, 2.24) is 0 Å². The minimum absolute atomic E-state index is 0.102. The first kappa shape index (κ1) is 21.1. The second kappa shape index (κ2) is 12.5. The predicted molar refractivity (Wildman–Crippen MR) is 98.9 cm³/mol. The molecule has 1 unspecified atom stereocenters. The van der Waals surface area contributed by atoms with Crippen LogP contribution in [0.5, 0.6) is 0 Å².